The van der Waals surface area contributed by atoms with E-state index in [1.54, 1.807) is 5.38 Å². The zero-order valence-corrected chi connectivity index (χ0v) is 13.8. The van der Waals surface area contributed by atoms with Gasteiger partial charge < -0.3 is 20.5 Å². The Morgan fingerprint density at radius 3 is 2.67 bits per heavy atom. The van der Waals surface area contributed by atoms with Crippen molar-refractivity contribution >= 4 is 35.6 Å². The summed E-state index contributed by atoms with van der Waals surface area (Å²) in [6.45, 7) is 2.01. The third-order valence-electron chi connectivity index (χ3n) is 2.60. The summed E-state index contributed by atoms with van der Waals surface area (Å²) in [5.74, 6) is -1.03. The van der Waals surface area contributed by atoms with E-state index in [1.807, 2.05) is 0 Å². The van der Waals surface area contributed by atoms with Crippen LogP contribution >= 0.6 is 23.7 Å². The summed E-state index contributed by atoms with van der Waals surface area (Å²) in [4.78, 5) is 28.0. The fraction of sp³-hybridized carbons (Fsp3) is 0.583. The van der Waals surface area contributed by atoms with Gasteiger partial charge in [0.05, 0.1) is 18.7 Å². The minimum Gasteiger partial charge on any atom is -0.467 e. The predicted octanol–water partition coefficient (Wildman–Crippen LogP) is 0.374. The van der Waals surface area contributed by atoms with Crippen LogP contribution in [0.3, 0.4) is 0 Å². The number of carbonyl (C=O) groups is 2. The lowest BCUT2D eigenvalue weighted by Gasteiger charge is -2.26. The first-order valence-corrected chi connectivity index (χ1v) is 6.89. The Bertz CT molecular complexity index is 483. The normalized spacial score (nSPS) is 13.0. The van der Waals surface area contributed by atoms with E-state index >= 15 is 0 Å². The van der Waals surface area contributed by atoms with Crippen LogP contribution in [-0.2, 0) is 20.7 Å². The van der Waals surface area contributed by atoms with Crippen molar-refractivity contribution in [3.05, 3.63) is 16.1 Å². The Morgan fingerprint density at radius 1 is 1.48 bits per heavy atom. The molecule has 0 aliphatic heterocycles. The molecule has 9 heteroatoms. The number of aromatic nitrogens is 1. The number of amides is 1. The molecule has 1 rings (SSSR count). The van der Waals surface area contributed by atoms with Crippen molar-refractivity contribution in [1.29, 1.82) is 0 Å². The van der Waals surface area contributed by atoms with Crippen LogP contribution in [0.4, 0.5) is 0 Å². The van der Waals surface area contributed by atoms with Gasteiger partial charge in [-0.1, -0.05) is 0 Å². The van der Waals surface area contributed by atoms with Gasteiger partial charge in [0.1, 0.15) is 5.69 Å². The molecule has 1 unspecified atom stereocenters. The van der Waals surface area contributed by atoms with Gasteiger partial charge in [-0.05, 0) is 13.5 Å². The van der Waals surface area contributed by atoms with Crippen LogP contribution in [0, 0.1) is 0 Å². The number of thiazole rings is 1. The molecule has 120 valence electrons. The quantitative estimate of drug-likeness (QED) is 0.697. The van der Waals surface area contributed by atoms with Crippen molar-refractivity contribution < 1.29 is 19.1 Å². The minimum absolute atomic E-state index is 0. The molecule has 0 radical (unpaired) electrons. The number of hydrogen-bond acceptors (Lipinski definition) is 7. The van der Waals surface area contributed by atoms with Crippen LogP contribution in [0.1, 0.15) is 22.4 Å². The molecule has 3 N–H and O–H groups in total. The molecule has 1 aromatic rings. The molecule has 7 nitrogen and oxygen atoms in total. The number of rotatable bonds is 7. The highest BCUT2D eigenvalue weighted by atomic mass is 35.5. The maximum Gasteiger partial charge on any atom is 0.333 e. The van der Waals surface area contributed by atoms with Crippen molar-refractivity contribution in [3.63, 3.8) is 0 Å². The molecule has 0 bridgehead atoms. The van der Waals surface area contributed by atoms with Gasteiger partial charge in [0.25, 0.3) is 5.91 Å². The number of carbonyl (C=O) groups excluding carboxylic acids is 2. The first kappa shape index (κ1) is 19.8. The van der Waals surface area contributed by atoms with E-state index in [0.29, 0.717) is 13.0 Å². The second-order valence-corrected chi connectivity index (χ2v) is 5.32. The second-order valence-electron chi connectivity index (χ2n) is 4.38. The van der Waals surface area contributed by atoms with E-state index in [2.05, 4.69) is 15.0 Å². The van der Waals surface area contributed by atoms with Crippen molar-refractivity contribution in [2.75, 3.05) is 27.4 Å². The van der Waals surface area contributed by atoms with Crippen LogP contribution in [0.15, 0.2) is 5.38 Å². The average molecular weight is 338 g/mol. The lowest BCUT2D eigenvalue weighted by molar-refractivity contribution is -0.149. The molecule has 21 heavy (non-hydrogen) atoms. The lowest BCUT2D eigenvalue weighted by atomic mass is 10.0. The predicted molar refractivity (Wildman–Crippen MR) is 81.9 cm³/mol. The summed E-state index contributed by atoms with van der Waals surface area (Å²) in [5, 5.41) is 5.00. The number of halogens is 1. The first-order chi connectivity index (χ1) is 9.46. The van der Waals surface area contributed by atoms with E-state index in [0.717, 1.165) is 5.01 Å². The van der Waals surface area contributed by atoms with E-state index in [4.69, 9.17) is 10.5 Å². The molecular formula is C12H20ClN3O4S. The second kappa shape index (κ2) is 8.93. The van der Waals surface area contributed by atoms with Gasteiger partial charge in [0.2, 0.25) is 0 Å². The summed E-state index contributed by atoms with van der Waals surface area (Å²) in [6.07, 6.45) is 0.615. The topological polar surface area (TPSA) is 104 Å². The zero-order valence-electron chi connectivity index (χ0n) is 12.2. The van der Waals surface area contributed by atoms with Crippen molar-refractivity contribution in [2.45, 2.75) is 18.9 Å². The largest absolute Gasteiger partial charge is 0.467 e. The molecule has 0 aliphatic carbocycles. The van der Waals surface area contributed by atoms with Crippen molar-refractivity contribution in [2.24, 2.45) is 5.73 Å². The third kappa shape index (κ3) is 5.24. The van der Waals surface area contributed by atoms with Gasteiger partial charge in [-0.15, -0.1) is 23.7 Å². The number of nitrogens with one attached hydrogen (secondary N) is 1. The highest BCUT2D eigenvalue weighted by molar-refractivity contribution is 7.09. The Morgan fingerprint density at radius 2 is 2.14 bits per heavy atom. The Kier molecular flexibility index (Phi) is 8.41. The number of nitrogens with zero attached hydrogens (tertiary/aromatic N) is 1. The highest BCUT2D eigenvalue weighted by Crippen LogP contribution is 2.13. The van der Waals surface area contributed by atoms with Crippen LogP contribution in [0.2, 0.25) is 0 Å². The zero-order chi connectivity index (χ0) is 15.2. The van der Waals surface area contributed by atoms with Crippen LogP contribution in [0.5, 0.6) is 0 Å². The van der Waals surface area contributed by atoms with Gasteiger partial charge in [-0.2, -0.15) is 0 Å². The summed E-state index contributed by atoms with van der Waals surface area (Å²) < 4.78 is 9.64. The molecule has 0 fully saturated rings. The highest BCUT2D eigenvalue weighted by Gasteiger charge is 2.37. The number of ether oxygens (including phenoxy) is 2. The van der Waals surface area contributed by atoms with Crippen LogP contribution in [0.25, 0.3) is 0 Å². The summed E-state index contributed by atoms with van der Waals surface area (Å²) in [6, 6.07) is 0. The number of nitrogens with two attached hydrogens (primary N) is 1. The van der Waals surface area contributed by atoms with E-state index < -0.39 is 17.4 Å². The fourth-order valence-electron chi connectivity index (χ4n) is 1.63. The molecule has 0 saturated heterocycles. The smallest absolute Gasteiger partial charge is 0.333 e. The van der Waals surface area contributed by atoms with E-state index in [9.17, 15) is 9.59 Å². The minimum atomic E-state index is -1.25. The third-order valence-corrected chi connectivity index (χ3v) is 3.51. The number of hydrogen-bond donors (Lipinski definition) is 2. The molecule has 0 saturated carbocycles. The SMILES string of the molecule is COCC(C)(NC(=O)c1csc(CCN)n1)C(=O)OC.Cl. The van der Waals surface area contributed by atoms with Gasteiger partial charge in [0.15, 0.2) is 5.54 Å². The Hall–Kier alpha value is -1.22. The first-order valence-electron chi connectivity index (χ1n) is 6.01. The number of methoxy groups -OCH3 is 2. The van der Waals surface area contributed by atoms with Crippen molar-refractivity contribution in [1.82, 2.24) is 10.3 Å². The number of esters is 1. The summed E-state index contributed by atoms with van der Waals surface area (Å²) in [5.41, 5.74) is 4.44. The van der Waals surface area contributed by atoms with E-state index in [1.165, 1.54) is 32.5 Å². The van der Waals surface area contributed by atoms with E-state index in [-0.39, 0.29) is 24.7 Å². The van der Waals surface area contributed by atoms with Gasteiger partial charge in [0, 0.05) is 18.9 Å². The molecule has 0 aromatic carbocycles. The monoisotopic (exact) mass is 337 g/mol. The van der Waals surface area contributed by atoms with Gasteiger partial charge in [-0.3, -0.25) is 4.79 Å². The molecule has 1 aromatic heterocycles. The standard InChI is InChI=1S/C12H19N3O4S.ClH/c1-12(7-18-2,11(17)19-3)15-10(16)8-6-20-9(14-8)4-5-13;/h6H,4-5,7,13H2,1-3H3,(H,15,16);1H. The molecule has 1 atom stereocenters. The van der Waals surface area contributed by atoms with Crippen LogP contribution in [-0.4, -0.2) is 49.8 Å². The van der Waals surface area contributed by atoms with Crippen LogP contribution < -0.4 is 11.1 Å². The van der Waals surface area contributed by atoms with Crippen molar-refractivity contribution in [3.8, 4) is 0 Å². The van der Waals surface area contributed by atoms with Gasteiger partial charge in [-0.25, -0.2) is 9.78 Å². The lowest BCUT2D eigenvalue weighted by Crippen LogP contribution is -2.56. The molecule has 0 aliphatic rings. The van der Waals surface area contributed by atoms with Gasteiger partial charge >= 0.3 is 5.97 Å². The molecule has 1 heterocycles. The maximum absolute atomic E-state index is 12.1. The molecule has 1 amide bonds. The summed E-state index contributed by atoms with van der Waals surface area (Å²) in [7, 11) is 2.69. The molecular weight excluding hydrogens is 318 g/mol. The fourth-order valence-corrected chi connectivity index (χ4v) is 2.42. The summed E-state index contributed by atoms with van der Waals surface area (Å²) >= 11 is 1.36. The Labute approximate surface area is 133 Å². The average Bonchev–Trinajstić information content (AvgIpc) is 2.87. The maximum atomic E-state index is 12.1. The molecule has 0 spiro atoms. The Balaban J connectivity index is 0.00000400.